The van der Waals surface area contributed by atoms with Crippen LogP contribution < -0.4 is 10.8 Å². The molecule has 1 amide bonds. The van der Waals surface area contributed by atoms with Gasteiger partial charge in [-0.25, -0.2) is 4.39 Å². The highest BCUT2D eigenvalue weighted by Crippen LogP contribution is 2.36. The number of halogens is 1. The van der Waals surface area contributed by atoms with Gasteiger partial charge in [-0.15, -0.1) is 0 Å². The topological polar surface area (TPSA) is 47.6 Å². The zero-order valence-corrected chi connectivity index (χ0v) is 12.9. The Hall–Kier alpha value is -1.40. The van der Waals surface area contributed by atoms with Crippen LogP contribution in [0.2, 0.25) is 0 Å². The van der Waals surface area contributed by atoms with Crippen molar-refractivity contribution in [2.24, 2.45) is 0 Å². The molecule has 2 rings (SSSR count). The molecule has 1 N–H and O–H groups in total. The lowest BCUT2D eigenvalue weighted by molar-refractivity contribution is 0.00578. The lowest BCUT2D eigenvalue weighted by atomic mass is 9.78. The first-order valence-electron chi connectivity index (χ1n) is 7.06. The average Bonchev–Trinajstić information content (AvgIpc) is 2.65. The number of alkyl halides is 1. The molecule has 0 aliphatic carbocycles. The molecule has 114 valence electrons. The number of rotatable bonds is 4. The van der Waals surface area contributed by atoms with Crippen LogP contribution in [0.1, 0.15) is 38.1 Å². The van der Waals surface area contributed by atoms with Crippen LogP contribution in [-0.4, -0.2) is 37.4 Å². The molecule has 21 heavy (non-hydrogen) atoms. The standard InChI is InChI=1S/C15H21BFNO3/c1-14(2)15(3,4)21-16(20-14)12-7-5-6-11(10-12)13(19)18-9-8-17/h5-7,10H,8-9H2,1-4H3,(H,18,19). The number of carbonyl (C=O) groups excluding carboxylic acids is 1. The Labute approximate surface area is 125 Å². The average molecular weight is 293 g/mol. The van der Waals surface area contributed by atoms with E-state index in [0.717, 1.165) is 5.46 Å². The van der Waals surface area contributed by atoms with Crippen LogP contribution >= 0.6 is 0 Å². The molecular formula is C15H21BFNO3. The third-order valence-electron chi connectivity index (χ3n) is 4.05. The van der Waals surface area contributed by atoms with Gasteiger partial charge >= 0.3 is 7.12 Å². The summed E-state index contributed by atoms with van der Waals surface area (Å²) >= 11 is 0. The highest BCUT2D eigenvalue weighted by Gasteiger charge is 2.51. The normalized spacial score (nSPS) is 19.6. The summed E-state index contributed by atoms with van der Waals surface area (Å²) in [4.78, 5) is 11.9. The SMILES string of the molecule is CC1(C)OB(c2cccc(C(=O)NCCF)c2)OC1(C)C. The largest absolute Gasteiger partial charge is 0.494 e. The third-order valence-corrected chi connectivity index (χ3v) is 4.05. The van der Waals surface area contributed by atoms with Gasteiger partial charge in [0, 0.05) is 12.1 Å². The number of nitrogens with one attached hydrogen (secondary N) is 1. The summed E-state index contributed by atoms with van der Waals surface area (Å²) in [7, 11) is -0.510. The first kappa shape index (κ1) is 16.0. The molecule has 1 saturated heterocycles. The summed E-state index contributed by atoms with van der Waals surface area (Å²) in [6, 6.07) is 7.02. The Balaban J connectivity index is 2.17. The van der Waals surface area contributed by atoms with E-state index < -0.39 is 25.0 Å². The minimum Gasteiger partial charge on any atom is -0.399 e. The minimum absolute atomic E-state index is 0.0134. The summed E-state index contributed by atoms with van der Waals surface area (Å²) in [6.45, 7) is 7.34. The number of hydrogen-bond acceptors (Lipinski definition) is 3. The molecule has 0 aromatic heterocycles. The quantitative estimate of drug-likeness (QED) is 0.859. The van der Waals surface area contributed by atoms with Crippen molar-refractivity contribution < 1.29 is 18.5 Å². The van der Waals surface area contributed by atoms with Crippen molar-refractivity contribution in [3.05, 3.63) is 29.8 Å². The van der Waals surface area contributed by atoms with E-state index >= 15 is 0 Å². The number of carbonyl (C=O) groups is 1. The summed E-state index contributed by atoms with van der Waals surface area (Å²) in [5.74, 6) is -0.300. The fourth-order valence-electron chi connectivity index (χ4n) is 2.07. The Bertz CT molecular complexity index is 517. The van der Waals surface area contributed by atoms with Crippen LogP contribution in [0.3, 0.4) is 0 Å². The zero-order chi connectivity index (χ0) is 15.7. The van der Waals surface area contributed by atoms with Crippen LogP contribution in [0, 0.1) is 0 Å². The monoisotopic (exact) mass is 293 g/mol. The maximum absolute atomic E-state index is 12.1. The summed E-state index contributed by atoms with van der Waals surface area (Å²) in [6.07, 6.45) is 0. The first-order chi connectivity index (χ1) is 9.77. The van der Waals surface area contributed by atoms with Gasteiger partial charge in [0.05, 0.1) is 11.2 Å². The summed E-state index contributed by atoms with van der Waals surface area (Å²) in [5, 5.41) is 2.50. The second-order valence-electron chi connectivity index (χ2n) is 6.16. The Kier molecular flexibility index (Phi) is 4.39. The van der Waals surface area contributed by atoms with E-state index in [1.165, 1.54) is 0 Å². The molecule has 0 bridgehead atoms. The van der Waals surface area contributed by atoms with Crippen LogP contribution in [0.25, 0.3) is 0 Å². The Morgan fingerprint density at radius 3 is 2.43 bits per heavy atom. The van der Waals surface area contributed by atoms with E-state index in [1.807, 2.05) is 33.8 Å². The Morgan fingerprint density at radius 1 is 1.24 bits per heavy atom. The smallest absolute Gasteiger partial charge is 0.399 e. The van der Waals surface area contributed by atoms with E-state index in [1.54, 1.807) is 18.2 Å². The van der Waals surface area contributed by atoms with Gasteiger partial charge in [0.15, 0.2) is 0 Å². The second-order valence-corrected chi connectivity index (χ2v) is 6.16. The van der Waals surface area contributed by atoms with Gasteiger partial charge in [-0.3, -0.25) is 4.79 Å². The fourth-order valence-corrected chi connectivity index (χ4v) is 2.07. The number of hydrogen-bond donors (Lipinski definition) is 1. The number of amides is 1. The van der Waals surface area contributed by atoms with Crippen molar-refractivity contribution in [1.82, 2.24) is 5.32 Å². The maximum Gasteiger partial charge on any atom is 0.494 e. The Morgan fingerprint density at radius 2 is 1.86 bits per heavy atom. The van der Waals surface area contributed by atoms with E-state index in [-0.39, 0.29) is 12.5 Å². The molecule has 0 atom stereocenters. The predicted molar refractivity (Wildman–Crippen MR) is 80.5 cm³/mol. The van der Waals surface area contributed by atoms with Gasteiger partial charge in [0.2, 0.25) is 0 Å². The van der Waals surface area contributed by atoms with Gasteiger partial charge in [-0.2, -0.15) is 0 Å². The van der Waals surface area contributed by atoms with Gasteiger partial charge < -0.3 is 14.6 Å². The molecule has 0 spiro atoms. The van der Waals surface area contributed by atoms with E-state index in [4.69, 9.17) is 9.31 Å². The highest BCUT2D eigenvalue weighted by molar-refractivity contribution is 6.62. The molecule has 0 unspecified atom stereocenters. The van der Waals surface area contributed by atoms with Gasteiger partial charge in [-0.1, -0.05) is 12.1 Å². The molecule has 1 aliphatic rings. The lowest BCUT2D eigenvalue weighted by Gasteiger charge is -2.32. The number of benzene rings is 1. The first-order valence-corrected chi connectivity index (χ1v) is 7.06. The zero-order valence-electron chi connectivity index (χ0n) is 12.9. The fraction of sp³-hybridized carbons (Fsp3) is 0.533. The van der Waals surface area contributed by atoms with Crippen LogP contribution in [0.5, 0.6) is 0 Å². The minimum atomic E-state index is -0.581. The molecular weight excluding hydrogens is 272 g/mol. The van der Waals surface area contributed by atoms with Crippen molar-refractivity contribution >= 4 is 18.5 Å². The van der Waals surface area contributed by atoms with Crippen molar-refractivity contribution in [2.45, 2.75) is 38.9 Å². The van der Waals surface area contributed by atoms with E-state index in [2.05, 4.69) is 5.32 Å². The third kappa shape index (κ3) is 3.27. The molecule has 0 saturated carbocycles. The molecule has 4 nitrogen and oxygen atoms in total. The lowest BCUT2D eigenvalue weighted by Crippen LogP contribution is -2.41. The molecule has 1 aliphatic heterocycles. The summed E-state index contributed by atoms with van der Waals surface area (Å²) in [5.41, 5.74) is 0.395. The summed E-state index contributed by atoms with van der Waals surface area (Å²) < 4.78 is 24.0. The predicted octanol–water partition coefficient (Wildman–Crippen LogP) is 1.69. The van der Waals surface area contributed by atoms with E-state index in [0.29, 0.717) is 5.56 Å². The molecule has 0 radical (unpaired) electrons. The molecule has 1 aromatic carbocycles. The van der Waals surface area contributed by atoms with Crippen molar-refractivity contribution in [3.8, 4) is 0 Å². The van der Waals surface area contributed by atoms with Crippen LogP contribution in [-0.2, 0) is 9.31 Å². The van der Waals surface area contributed by atoms with Crippen molar-refractivity contribution in [3.63, 3.8) is 0 Å². The molecule has 6 heteroatoms. The second kappa shape index (κ2) is 5.77. The van der Waals surface area contributed by atoms with Crippen molar-refractivity contribution in [1.29, 1.82) is 0 Å². The maximum atomic E-state index is 12.1. The molecule has 1 aromatic rings. The van der Waals surface area contributed by atoms with Gasteiger partial charge in [0.25, 0.3) is 5.91 Å². The molecule has 1 heterocycles. The molecule has 1 fully saturated rings. The van der Waals surface area contributed by atoms with Gasteiger partial charge in [0.1, 0.15) is 6.67 Å². The van der Waals surface area contributed by atoms with Gasteiger partial charge in [-0.05, 0) is 45.3 Å². The van der Waals surface area contributed by atoms with Crippen LogP contribution in [0.4, 0.5) is 4.39 Å². The van der Waals surface area contributed by atoms with Crippen molar-refractivity contribution in [2.75, 3.05) is 13.2 Å². The van der Waals surface area contributed by atoms with Crippen LogP contribution in [0.15, 0.2) is 24.3 Å². The van der Waals surface area contributed by atoms with E-state index in [9.17, 15) is 9.18 Å². The highest BCUT2D eigenvalue weighted by atomic mass is 19.1.